The van der Waals surface area contributed by atoms with E-state index in [-0.39, 0.29) is 11.7 Å². The van der Waals surface area contributed by atoms with Gasteiger partial charge in [-0.15, -0.1) is 0 Å². The molecule has 4 aromatic rings. The molecule has 1 aromatic heterocycles. The first-order valence-corrected chi connectivity index (χ1v) is 14.4. The third kappa shape index (κ3) is 6.50. The fraction of sp³-hybridized carbons (Fsp3) is 0.312. The van der Waals surface area contributed by atoms with Gasteiger partial charge < -0.3 is 25.2 Å². The van der Waals surface area contributed by atoms with Crippen LogP contribution in [-0.4, -0.2) is 90.5 Å². The zero-order chi connectivity index (χ0) is 28.9. The first-order chi connectivity index (χ1) is 20.5. The second-order valence-electron chi connectivity index (χ2n) is 10.6. The second-order valence-corrected chi connectivity index (χ2v) is 10.6. The van der Waals surface area contributed by atoms with E-state index in [0.29, 0.717) is 31.3 Å². The van der Waals surface area contributed by atoms with Crippen LogP contribution in [-0.2, 0) is 9.53 Å². The molecule has 1 amide bonds. The number of piperazine rings is 1. The lowest BCUT2D eigenvalue weighted by atomic mass is 10.1. The molecule has 0 aliphatic carbocycles. The number of carbonyl (C=O) groups excluding carboxylic acids is 2. The van der Waals surface area contributed by atoms with Gasteiger partial charge in [-0.25, -0.2) is 9.97 Å². The number of anilines is 5. The minimum atomic E-state index is 0.112. The van der Waals surface area contributed by atoms with E-state index in [4.69, 9.17) is 9.72 Å². The molecule has 2 aliphatic rings. The molecule has 0 atom stereocenters. The van der Waals surface area contributed by atoms with Gasteiger partial charge in [0, 0.05) is 80.4 Å². The van der Waals surface area contributed by atoms with Gasteiger partial charge in [0.15, 0.2) is 5.78 Å². The van der Waals surface area contributed by atoms with Gasteiger partial charge in [-0.05, 0) is 54.6 Å². The second kappa shape index (κ2) is 12.5. The van der Waals surface area contributed by atoms with E-state index >= 15 is 0 Å². The topological polar surface area (TPSA) is 103 Å². The van der Waals surface area contributed by atoms with Crippen molar-refractivity contribution in [2.24, 2.45) is 0 Å². The number of morpholine rings is 1. The molecular weight excluding hydrogens is 530 g/mol. The Labute approximate surface area is 245 Å². The summed E-state index contributed by atoms with van der Waals surface area (Å²) in [5.74, 6) is 0.747. The molecule has 216 valence electrons. The van der Waals surface area contributed by atoms with E-state index in [1.165, 1.54) is 0 Å². The molecule has 0 spiro atoms. The number of ether oxygens (including phenoxy) is 1. The van der Waals surface area contributed by atoms with Crippen LogP contribution in [0.15, 0.2) is 72.9 Å². The predicted molar refractivity (Wildman–Crippen MR) is 165 cm³/mol. The minimum Gasteiger partial charge on any atom is -0.379 e. The lowest BCUT2D eigenvalue weighted by Crippen LogP contribution is -2.48. The van der Waals surface area contributed by atoms with Crippen LogP contribution in [0.25, 0.3) is 10.9 Å². The van der Waals surface area contributed by atoms with Gasteiger partial charge in [-0.1, -0.05) is 12.1 Å². The lowest BCUT2D eigenvalue weighted by Gasteiger charge is -2.35. The Morgan fingerprint density at radius 3 is 2.24 bits per heavy atom. The Morgan fingerprint density at radius 1 is 0.833 bits per heavy atom. The number of hydrogen-bond donors (Lipinski definition) is 2. The average Bonchev–Trinajstić information content (AvgIpc) is 3.02. The monoisotopic (exact) mass is 565 g/mol. The van der Waals surface area contributed by atoms with Crippen molar-refractivity contribution < 1.29 is 14.3 Å². The van der Waals surface area contributed by atoms with E-state index in [2.05, 4.69) is 37.6 Å². The van der Waals surface area contributed by atoms with Gasteiger partial charge in [0.25, 0.3) is 0 Å². The fourth-order valence-electron chi connectivity index (χ4n) is 5.33. The summed E-state index contributed by atoms with van der Waals surface area (Å²) >= 11 is 0. The quantitative estimate of drug-likeness (QED) is 0.303. The number of carbonyl (C=O) groups is 2. The number of hydrogen-bond acceptors (Lipinski definition) is 9. The standard InChI is InChI=1S/C32H35N7O3/c1-23(40)38-13-15-39(16-14-38)28-11-9-27(10-12-28)35-32-33-21-25-3-2-4-29(31(25)36-32)34-26-7-5-24(6-8-26)30(41)22-37-17-19-42-20-18-37/h2-12,21,34H,13-20,22H2,1H3,(H,33,35,36). The van der Waals surface area contributed by atoms with Gasteiger partial charge in [0.2, 0.25) is 11.9 Å². The van der Waals surface area contributed by atoms with Crippen molar-refractivity contribution in [1.29, 1.82) is 0 Å². The van der Waals surface area contributed by atoms with Crippen LogP contribution >= 0.6 is 0 Å². The zero-order valence-corrected chi connectivity index (χ0v) is 23.8. The zero-order valence-electron chi connectivity index (χ0n) is 23.8. The van der Waals surface area contributed by atoms with Crippen LogP contribution < -0.4 is 15.5 Å². The number of rotatable bonds is 8. The van der Waals surface area contributed by atoms with Crippen molar-refractivity contribution in [2.45, 2.75) is 6.92 Å². The number of para-hydroxylation sites is 1. The number of nitrogens with one attached hydrogen (secondary N) is 2. The Hall–Kier alpha value is -4.54. The van der Waals surface area contributed by atoms with Crippen LogP contribution in [0, 0.1) is 0 Å². The number of ketones is 1. The molecule has 0 saturated carbocycles. The maximum absolute atomic E-state index is 12.7. The first-order valence-electron chi connectivity index (χ1n) is 14.4. The molecule has 2 aliphatic heterocycles. The van der Waals surface area contributed by atoms with E-state index < -0.39 is 0 Å². The highest BCUT2D eigenvalue weighted by Gasteiger charge is 2.19. The van der Waals surface area contributed by atoms with E-state index in [0.717, 1.165) is 72.9 Å². The third-order valence-corrected chi connectivity index (χ3v) is 7.78. The summed E-state index contributed by atoms with van der Waals surface area (Å²) in [6.45, 7) is 8.10. The van der Waals surface area contributed by atoms with E-state index in [9.17, 15) is 9.59 Å². The van der Waals surface area contributed by atoms with Crippen LogP contribution in [0.3, 0.4) is 0 Å². The van der Waals surface area contributed by atoms with Gasteiger partial charge in [-0.2, -0.15) is 0 Å². The summed E-state index contributed by atoms with van der Waals surface area (Å²) in [6.07, 6.45) is 1.81. The summed E-state index contributed by atoms with van der Waals surface area (Å²) in [4.78, 5) is 40.0. The molecular formula is C32H35N7O3. The van der Waals surface area contributed by atoms with Crippen LogP contribution in [0.2, 0.25) is 0 Å². The maximum atomic E-state index is 12.7. The van der Waals surface area contributed by atoms with Crippen molar-refractivity contribution in [3.63, 3.8) is 0 Å². The van der Waals surface area contributed by atoms with Crippen LogP contribution in [0.4, 0.5) is 28.7 Å². The molecule has 0 unspecified atom stereocenters. The summed E-state index contributed by atoms with van der Waals surface area (Å²) in [7, 11) is 0. The molecule has 2 N–H and O–H groups in total. The Morgan fingerprint density at radius 2 is 1.52 bits per heavy atom. The number of aromatic nitrogens is 2. The summed E-state index contributed by atoms with van der Waals surface area (Å²) in [5, 5.41) is 7.69. The Balaban J connectivity index is 1.11. The molecule has 10 heteroatoms. The molecule has 42 heavy (non-hydrogen) atoms. The third-order valence-electron chi connectivity index (χ3n) is 7.78. The molecule has 3 heterocycles. The molecule has 2 saturated heterocycles. The Bertz CT molecular complexity index is 1550. The number of amides is 1. The van der Waals surface area contributed by atoms with Crippen molar-refractivity contribution in [3.8, 4) is 0 Å². The van der Waals surface area contributed by atoms with Gasteiger partial charge in [0.05, 0.1) is 31.0 Å². The van der Waals surface area contributed by atoms with E-state index in [1.54, 1.807) is 6.92 Å². The van der Waals surface area contributed by atoms with Gasteiger partial charge in [-0.3, -0.25) is 14.5 Å². The molecule has 0 radical (unpaired) electrons. The van der Waals surface area contributed by atoms with Crippen molar-refractivity contribution in [3.05, 3.63) is 78.5 Å². The summed E-state index contributed by atoms with van der Waals surface area (Å²) < 4.78 is 5.38. The largest absolute Gasteiger partial charge is 0.379 e. The molecule has 10 nitrogen and oxygen atoms in total. The molecule has 3 aromatic carbocycles. The summed E-state index contributed by atoms with van der Waals surface area (Å²) in [5.41, 5.74) is 5.24. The number of benzene rings is 3. The van der Waals surface area contributed by atoms with Crippen LogP contribution in [0.5, 0.6) is 0 Å². The highest BCUT2D eigenvalue weighted by atomic mass is 16.5. The molecule has 2 fully saturated rings. The first kappa shape index (κ1) is 27.6. The summed E-state index contributed by atoms with van der Waals surface area (Å²) in [6, 6.07) is 21.7. The van der Waals surface area contributed by atoms with Gasteiger partial charge >= 0.3 is 0 Å². The number of Topliss-reactive ketones (excluding diaryl/α,β-unsaturated/α-hetero) is 1. The normalized spacial score (nSPS) is 15.9. The predicted octanol–water partition coefficient (Wildman–Crippen LogP) is 4.30. The molecule has 6 rings (SSSR count). The SMILES string of the molecule is CC(=O)N1CCN(c2ccc(Nc3ncc4cccc(Nc5ccc(C(=O)CN6CCOCC6)cc5)c4n3)cc2)CC1. The highest BCUT2D eigenvalue weighted by molar-refractivity contribution is 5.98. The van der Waals surface area contributed by atoms with Crippen molar-refractivity contribution >= 4 is 51.3 Å². The highest BCUT2D eigenvalue weighted by Crippen LogP contribution is 2.27. The van der Waals surface area contributed by atoms with Crippen molar-refractivity contribution in [1.82, 2.24) is 19.8 Å². The smallest absolute Gasteiger partial charge is 0.227 e. The fourth-order valence-corrected chi connectivity index (χ4v) is 5.33. The minimum absolute atomic E-state index is 0.112. The van der Waals surface area contributed by atoms with Crippen LogP contribution in [0.1, 0.15) is 17.3 Å². The van der Waals surface area contributed by atoms with E-state index in [1.807, 2.05) is 65.7 Å². The number of nitrogens with zero attached hydrogens (tertiary/aromatic N) is 5. The molecule has 0 bridgehead atoms. The van der Waals surface area contributed by atoms with Gasteiger partial charge in [0.1, 0.15) is 0 Å². The number of fused-ring (bicyclic) bond motifs is 1. The average molecular weight is 566 g/mol. The maximum Gasteiger partial charge on any atom is 0.227 e. The lowest BCUT2D eigenvalue weighted by molar-refractivity contribution is -0.129. The Kier molecular flexibility index (Phi) is 8.25. The van der Waals surface area contributed by atoms with Crippen molar-refractivity contribution in [2.75, 3.05) is 74.6 Å².